The summed E-state index contributed by atoms with van der Waals surface area (Å²) in [6.07, 6.45) is 20.3. The lowest BCUT2D eigenvalue weighted by Gasteiger charge is -2.61. The molecular weight excluding hydrogens is 576 g/mol. The molecule has 244 valence electrons. The van der Waals surface area contributed by atoms with Gasteiger partial charge in [0, 0.05) is 11.0 Å². The first-order valence-electron chi connectivity index (χ1n) is 18.3. The van der Waals surface area contributed by atoms with Crippen LogP contribution in [0.25, 0.3) is 10.8 Å². The Kier molecular flexibility index (Phi) is 6.72. The zero-order valence-electron chi connectivity index (χ0n) is 27.1. The fourth-order valence-corrected chi connectivity index (χ4v) is 12.4. The monoisotopic (exact) mass is 624 g/mol. The molecule has 46 heavy (non-hydrogen) atoms. The summed E-state index contributed by atoms with van der Waals surface area (Å²) in [6, 6.07) is 9.27. The van der Waals surface area contributed by atoms with Gasteiger partial charge < -0.3 is 28.4 Å². The minimum Gasteiger partial charge on any atom is -0.490 e. The maximum absolute atomic E-state index is 7.13. The Balaban J connectivity index is 1.10. The summed E-state index contributed by atoms with van der Waals surface area (Å²) in [7, 11) is 0. The molecule has 6 heteroatoms. The Morgan fingerprint density at radius 2 is 1.11 bits per heavy atom. The van der Waals surface area contributed by atoms with Gasteiger partial charge in [0.05, 0.1) is 18.6 Å². The third-order valence-corrected chi connectivity index (χ3v) is 13.3. The summed E-state index contributed by atoms with van der Waals surface area (Å²) in [4.78, 5) is 0. The standard InChI is InChI=1S/C40H48O6/c1-2-31-14-34(39-15-25-8-26(16-39)10-27(9-25)17-39)37(40-18-28-11-29(19-40)13-30(12-28)20-40)38(44-7-5-42-22-33-24-46-33)36(31)35(3-1)43-6-4-41-21-32-23-45-32/h1-3,14,23-30H,4-13,15-22H2. The summed E-state index contributed by atoms with van der Waals surface area (Å²) >= 11 is 0. The van der Waals surface area contributed by atoms with Crippen LogP contribution in [0, 0.1) is 35.5 Å². The molecule has 8 bridgehead atoms. The van der Waals surface area contributed by atoms with Crippen LogP contribution >= 0.6 is 0 Å². The first-order chi connectivity index (χ1) is 22.6. The molecule has 8 fully saturated rings. The Morgan fingerprint density at radius 3 is 1.63 bits per heavy atom. The largest absolute Gasteiger partial charge is 0.490 e. The highest BCUT2D eigenvalue weighted by atomic mass is 16.6. The molecule has 0 aromatic heterocycles. The summed E-state index contributed by atoms with van der Waals surface area (Å²) in [5.74, 6) is 9.14. The van der Waals surface area contributed by atoms with Crippen LogP contribution in [0.15, 0.2) is 48.3 Å². The second-order valence-corrected chi connectivity index (χ2v) is 16.6. The molecule has 2 heterocycles. The summed E-state index contributed by atoms with van der Waals surface area (Å²) in [6.45, 7) is 3.12. The molecule has 2 aromatic rings. The smallest absolute Gasteiger partial charge is 0.164 e. The van der Waals surface area contributed by atoms with Crippen molar-refractivity contribution < 1.29 is 28.4 Å². The van der Waals surface area contributed by atoms with E-state index in [4.69, 9.17) is 28.4 Å². The van der Waals surface area contributed by atoms with Crippen LogP contribution in [0.1, 0.15) is 88.2 Å². The third kappa shape index (κ3) is 5.05. The molecule has 0 N–H and O–H groups in total. The fraction of sp³-hybridized carbons (Fsp3) is 0.650. The first-order valence-corrected chi connectivity index (χ1v) is 18.3. The molecular formula is C40H48O6. The number of benzene rings is 2. The van der Waals surface area contributed by atoms with Crippen LogP contribution in [0.5, 0.6) is 11.5 Å². The van der Waals surface area contributed by atoms with Crippen molar-refractivity contribution in [1.29, 1.82) is 0 Å². The Labute approximate surface area is 272 Å². The van der Waals surface area contributed by atoms with Gasteiger partial charge in [-0.3, -0.25) is 0 Å². The Hall–Kier alpha value is -2.70. The van der Waals surface area contributed by atoms with E-state index in [1.165, 1.54) is 82.4 Å². The highest BCUT2D eigenvalue weighted by molar-refractivity contribution is 5.96. The van der Waals surface area contributed by atoms with Crippen LogP contribution in [0.4, 0.5) is 0 Å². The molecule has 2 aliphatic heterocycles. The van der Waals surface area contributed by atoms with Crippen molar-refractivity contribution >= 4 is 10.8 Å². The van der Waals surface area contributed by atoms with Crippen LogP contribution in [0.3, 0.4) is 0 Å². The van der Waals surface area contributed by atoms with Gasteiger partial charge >= 0.3 is 0 Å². The molecule has 0 radical (unpaired) electrons. The minimum absolute atomic E-state index is 0.207. The van der Waals surface area contributed by atoms with Crippen molar-refractivity contribution in [3.63, 3.8) is 0 Å². The van der Waals surface area contributed by atoms with E-state index in [9.17, 15) is 0 Å². The Bertz CT molecular complexity index is 1520. The molecule has 0 amide bonds. The van der Waals surface area contributed by atoms with Gasteiger partial charge in [-0.2, -0.15) is 0 Å². The van der Waals surface area contributed by atoms with Crippen LogP contribution in [-0.2, 0) is 29.8 Å². The van der Waals surface area contributed by atoms with Crippen molar-refractivity contribution in [2.45, 2.75) is 87.9 Å². The summed E-state index contributed by atoms with van der Waals surface area (Å²) in [5.41, 5.74) is 3.76. The van der Waals surface area contributed by atoms with Crippen molar-refractivity contribution in [2.24, 2.45) is 35.5 Å². The quantitative estimate of drug-likeness (QED) is 0.197. The van der Waals surface area contributed by atoms with Crippen molar-refractivity contribution in [1.82, 2.24) is 0 Å². The molecule has 12 rings (SSSR count). The second kappa shape index (κ2) is 10.9. The zero-order valence-corrected chi connectivity index (χ0v) is 27.1. The van der Waals surface area contributed by atoms with E-state index in [-0.39, 0.29) is 10.8 Å². The fourth-order valence-electron chi connectivity index (χ4n) is 12.4. The molecule has 10 aliphatic rings. The molecule has 0 unspecified atom stereocenters. The number of hydrogen-bond donors (Lipinski definition) is 0. The lowest BCUT2D eigenvalue weighted by Crippen LogP contribution is -2.52. The topological polar surface area (TPSA) is 62.0 Å². The van der Waals surface area contributed by atoms with Crippen molar-refractivity contribution in [2.75, 3.05) is 39.6 Å². The maximum Gasteiger partial charge on any atom is 0.164 e. The van der Waals surface area contributed by atoms with Gasteiger partial charge in [-0.25, -0.2) is 0 Å². The van der Waals surface area contributed by atoms with Gasteiger partial charge in [0.15, 0.2) is 11.5 Å². The molecule has 8 saturated carbocycles. The number of hydrogen-bond acceptors (Lipinski definition) is 6. The third-order valence-electron chi connectivity index (χ3n) is 13.3. The SMILES string of the molecule is C1=C(COCCOc2cccc3cc(C45CC6CC(CC(C6)C4)C5)c(C45CC6CC(CC(C6)C4)C5)c(OCCOCC4=CO4)c23)O1. The number of rotatable bonds is 14. The number of fused-ring (bicyclic) bond motifs is 1. The lowest BCUT2D eigenvalue weighted by molar-refractivity contribution is -0.0184. The average Bonchev–Trinajstić information content (AvgIpc) is 3.96. The highest BCUT2D eigenvalue weighted by Gasteiger charge is 2.58. The van der Waals surface area contributed by atoms with Crippen molar-refractivity contribution in [3.8, 4) is 11.5 Å². The second-order valence-electron chi connectivity index (χ2n) is 16.6. The van der Waals surface area contributed by atoms with Gasteiger partial charge in [0.1, 0.15) is 50.5 Å². The summed E-state index contributed by atoms with van der Waals surface area (Å²) in [5, 5.41) is 2.42. The van der Waals surface area contributed by atoms with Crippen molar-refractivity contribution in [3.05, 3.63) is 59.4 Å². The molecule has 2 aromatic carbocycles. The maximum atomic E-state index is 7.13. The van der Waals surface area contributed by atoms with Gasteiger partial charge in [-0.15, -0.1) is 0 Å². The Morgan fingerprint density at radius 1 is 0.609 bits per heavy atom. The van der Waals surface area contributed by atoms with Gasteiger partial charge in [0.25, 0.3) is 0 Å². The van der Waals surface area contributed by atoms with E-state index in [1.54, 1.807) is 23.7 Å². The predicted octanol–water partition coefficient (Wildman–Crippen LogP) is 8.31. The van der Waals surface area contributed by atoms with Crippen LogP contribution < -0.4 is 9.47 Å². The normalized spacial score (nSPS) is 37.1. The van der Waals surface area contributed by atoms with E-state index >= 15 is 0 Å². The lowest BCUT2D eigenvalue weighted by atomic mass is 9.44. The van der Waals surface area contributed by atoms with E-state index in [0.717, 1.165) is 63.9 Å². The summed E-state index contributed by atoms with van der Waals surface area (Å²) < 4.78 is 35.8. The van der Waals surface area contributed by atoms with E-state index in [2.05, 4.69) is 24.3 Å². The molecule has 6 nitrogen and oxygen atoms in total. The van der Waals surface area contributed by atoms with E-state index < -0.39 is 0 Å². The highest BCUT2D eigenvalue weighted by Crippen LogP contribution is 2.67. The number of ether oxygens (including phenoxy) is 6. The zero-order chi connectivity index (χ0) is 30.3. The first kappa shape index (κ1) is 28.3. The van der Waals surface area contributed by atoms with Crippen LogP contribution in [-0.4, -0.2) is 39.6 Å². The van der Waals surface area contributed by atoms with Crippen LogP contribution in [0.2, 0.25) is 0 Å². The molecule has 0 spiro atoms. The predicted molar refractivity (Wildman–Crippen MR) is 175 cm³/mol. The molecule has 0 saturated heterocycles. The van der Waals surface area contributed by atoms with E-state index in [1.807, 2.05) is 0 Å². The van der Waals surface area contributed by atoms with E-state index in [0.29, 0.717) is 39.6 Å². The van der Waals surface area contributed by atoms with Gasteiger partial charge in [0.2, 0.25) is 0 Å². The molecule has 8 aliphatic carbocycles. The van der Waals surface area contributed by atoms with Gasteiger partial charge in [-0.1, -0.05) is 12.1 Å². The molecule has 0 atom stereocenters. The van der Waals surface area contributed by atoms with Gasteiger partial charge in [-0.05, 0) is 141 Å². The average molecular weight is 625 g/mol. The minimum atomic E-state index is 0.207.